The zero-order valence-corrected chi connectivity index (χ0v) is 39.7. The summed E-state index contributed by atoms with van der Waals surface area (Å²) in [7, 11) is -2.21. The Labute approximate surface area is 375 Å². The molecule has 3 N–H and O–H groups in total. The number of benzene rings is 2. The molecule has 63 heavy (non-hydrogen) atoms. The van der Waals surface area contributed by atoms with Crippen molar-refractivity contribution in [3.8, 4) is 5.75 Å². The van der Waals surface area contributed by atoms with Crippen LogP contribution < -0.4 is 15.8 Å². The Balaban J connectivity index is 0.850. The van der Waals surface area contributed by atoms with Gasteiger partial charge in [0.05, 0.1) is 43.5 Å². The minimum Gasteiger partial charge on any atom is -0.506 e. The molecule has 1 aliphatic carbocycles. The summed E-state index contributed by atoms with van der Waals surface area (Å²) < 4.78 is 19.5. The van der Waals surface area contributed by atoms with Crippen LogP contribution >= 0.6 is 0 Å². The van der Waals surface area contributed by atoms with Gasteiger partial charge in [-0.05, 0) is 109 Å². The summed E-state index contributed by atoms with van der Waals surface area (Å²) in [6.07, 6.45) is 8.20. The predicted molar refractivity (Wildman–Crippen MR) is 254 cm³/mol. The van der Waals surface area contributed by atoms with Gasteiger partial charge in [0.2, 0.25) is 11.5 Å². The molecule has 0 radical (unpaired) electrons. The molecule has 2 aromatic carbocycles. The fourth-order valence-electron chi connectivity index (χ4n) is 8.73. The highest BCUT2D eigenvalue weighted by atomic mass is 28.4. The topological polar surface area (TPSA) is 132 Å². The minimum atomic E-state index is -2.21. The first-order chi connectivity index (χ1) is 30.2. The average Bonchev–Trinajstić information content (AvgIpc) is 4.09. The number of aromatic nitrogens is 2. The quantitative estimate of drug-likeness (QED) is 0.0603. The number of amides is 1. The van der Waals surface area contributed by atoms with Crippen LogP contribution in [-0.2, 0) is 38.1 Å². The normalized spacial score (nSPS) is 17.7. The molecule has 13 heteroatoms. The Morgan fingerprint density at radius 2 is 1.84 bits per heavy atom. The lowest BCUT2D eigenvalue weighted by Crippen LogP contribution is -2.57. The molecule has 2 saturated heterocycles. The van der Waals surface area contributed by atoms with Gasteiger partial charge in [-0.3, -0.25) is 14.5 Å². The number of fused-ring (bicyclic) bond motifs is 1. The number of H-pyrrole nitrogens is 1. The van der Waals surface area contributed by atoms with Crippen molar-refractivity contribution in [2.45, 2.75) is 109 Å². The molecule has 4 heterocycles. The second-order valence-corrected chi connectivity index (χ2v) is 24.4. The molecule has 4 aromatic rings. The molecule has 2 aromatic heterocycles. The van der Waals surface area contributed by atoms with Gasteiger partial charge in [0, 0.05) is 76.6 Å². The molecule has 3 aliphatic rings. The van der Waals surface area contributed by atoms with E-state index in [9.17, 15) is 14.7 Å². The Morgan fingerprint density at radius 3 is 2.60 bits per heavy atom. The van der Waals surface area contributed by atoms with Crippen LogP contribution in [0.4, 0.5) is 5.82 Å². The van der Waals surface area contributed by atoms with E-state index in [1.165, 1.54) is 35.6 Å². The SMILES string of the molecule is CCc1ccnc(N2CCOC3(CCN(Cc4cccc(CCOCCC(=O)N(CCNC[C@H](O[Si](C)(C)C(C)(C)C)c5ccc(O)c6[nH]c(=O)ccc56)CC5CC5)c4)CC3)C2)c1. The van der Waals surface area contributed by atoms with E-state index in [0.29, 0.717) is 50.7 Å². The molecule has 0 bridgehead atoms. The van der Waals surface area contributed by atoms with Crippen molar-refractivity contribution in [3.05, 3.63) is 99.5 Å². The first-order valence-corrected chi connectivity index (χ1v) is 26.3. The highest BCUT2D eigenvalue weighted by molar-refractivity contribution is 6.74. The van der Waals surface area contributed by atoms with Crippen LogP contribution in [0, 0.1) is 5.92 Å². The number of nitrogens with one attached hydrogen (secondary N) is 2. The van der Waals surface area contributed by atoms with Gasteiger partial charge in [0.15, 0.2) is 8.32 Å². The summed E-state index contributed by atoms with van der Waals surface area (Å²) >= 11 is 0. The Bertz CT molecular complexity index is 2200. The molecular formula is C50H72N6O6Si. The molecule has 1 saturated carbocycles. The number of aromatic hydroxyl groups is 1. The van der Waals surface area contributed by atoms with E-state index in [1.807, 2.05) is 17.2 Å². The molecule has 0 unspecified atom stereocenters. The number of aromatic amines is 1. The van der Waals surface area contributed by atoms with E-state index in [4.69, 9.17) is 13.9 Å². The van der Waals surface area contributed by atoms with Gasteiger partial charge < -0.3 is 39.1 Å². The van der Waals surface area contributed by atoms with Gasteiger partial charge in [-0.2, -0.15) is 0 Å². The van der Waals surface area contributed by atoms with Crippen LogP contribution in [0.2, 0.25) is 18.1 Å². The van der Waals surface area contributed by atoms with Crippen LogP contribution in [0.1, 0.15) is 88.2 Å². The zero-order chi connectivity index (χ0) is 44.6. The maximum atomic E-state index is 13.6. The summed E-state index contributed by atoms with van der Waals surface area (Å²) in [5.74, 6) is 1.81. The number of hydrogen-bond acceptors (Lipinski definition) is 10. The molecule has 342 valence electrons. The molecule has 12 nitrogen and oxygen atoms in total. The number of carbonyl (C=O) groups excluding carboxylic acids is 1. The molecule has 1 amide bonds. The summed E-state index contributed by atoms with van der Waals surface area (Å²) in [6, 6.07) is 20.0. The molecule has 1 spiro atoms. The molecule has 2 aliphatic heterocycles. The number of phenols is 1. The Hall–Kier alpha value is -4.11. The van der Waals surface area contributed by atoms with E-state index in [0.717, 1.165) is 88.3 Å². The van der Waals surface area contributed by atoms with Gasteiger partial charge in [0.1, 0.15) is 11.6 Å². The number of hydrogen-bond donors (Lipinski definition) is 3. The van der Waals surface area contributed by atoms with Crippen molar-refractivity contribution in [2.75, 3.05) is 77.1 Å². The number of pyridine rings is 2. The van der Waals surface area contributed by atoms with Gasteiger partial charge in [-0.25, -0.2) is 4.98 Å². The van der Waals surface area contributed by atoms with Crippen LogP contribution in [0.25, 0.3) is 10.9 Å². The number of rotatable bonds is 20. The highest BCUT2D eigenvalue weighted by Crippen LogP contribution is 2.41. The number of aryl methyl sites for hydroxylation is 1. The summed E-state index contributed by atoms with van der Waals surface area (Å²) in [4.78, 5) is 40.2. The van der Waals surface area contributed by atoms with Crippen LogP contribution in [0.3, 0.4) is 0 Å². The van der Waals surface area contributed by atoms with Crippen molar-refractivity contribution < 1.29 is 23.8 Å². The predicted octanol–water partition coefficient (Wildman–Crippen LogP) is 7.60. The van der Waals surface area contributed by atoms with E-state index < -0.39 is 8.32 Å². The number of phenolic OH excluding ortho intramolecular Hbond substituents is 1. The fraction of sp³-hybridized carbons (Fsp3) is 0.580. The molecule has 3 fully saturated rings. The maximum absolute atomic E-state index is 13.6. The number of anilines is 1. The minimum absolute atomic E-state index is 0.0147. The number of ether oxygens (including phenoxy) is 2. The summed E-state index contributed by atoms with van der Waals surface area (Å²) in [5.41, 5.74) is 4.86. The monoisotopic (exact) mass is 881 g/mol. The lowest BCUT2D eigenvalue weighted by molar-refractivity contribution is -0.132. The van der Waals surface area contributed by atoms with E-state index >= 15 is 0 Å². The standard InChI is InChI=1S/C50H72N6O6Si/c1-7-37-17-22-52-45(32-37)56-27-30-61-50(36-56)20-24-54(25-21-50)34-40-10-8-9-38(31-40)18-28-60-29-19-47(59)55(35-39-11-12-39)26-23-51-33-44(62-63(5,6)49(2,3)4)41-13-15-43(57)48-42(41)14-16-46(58)53-48/h8-10,13-17,22,31-32,39,44,51,57H,7,11-12,18-21,23-30,33-36H2,1-6H3,(H,53,58)/t44-/m0/s1. The highest BCUT2D eigenvalue weighted by Gasteiger charge is 2.41. The van der Waals surface area contributed by atoms with Crippen LogP contribution in [0.15, 0.2) is 71.7 Å². The second kappa shape index (κ2) is 20.8. The van der Waals surface area contributed by atoms with Crippen molar-refractivity contribution in [2.24, 2.45) is 5.92 Å². The van der Waals surface area contributed by atoms with Crippen LogP contribution in [0.5, 0.6) is 5.75 Å². The maximum Gasteiger partial charge on any atom is 0.248 e. The third-order valence-corrected chi connectivity index (χ3v) is 18.4. The summed E-state index contributed by atoms with van der Waals surface area (Å²) in [6.45, 7) is 22.3. The largest absolute Gasteiger partial charge is 0.506 e. The third-order valence-electron chi connectivity index (χ3n) is 13.9. The lowest BCUT2D eigenvalue weighted by Gasteiger charge is -2.47. The van der Waals surface area contributed by atoms with Gasteiger partial charge in [-0.15, -0.1) is 0 Å². The van der Waals surface area contributed by atoms with Gasteiger partial charge in [0.25, 0.3) is 0 Å². The number of piperidine rings is 1. The van der Waals surface area contributed by atoms with E-state index in [2.05, 4.69) is 102 Å². The number of likely N-dealkylation sites (tertiary alicyclic amines) is 1. The fourth-order valence-corrected chi connectivity index (χ4v) is 10.0. The number of carbonyl (C=O) groups is 1. The van der Waals surface area contributed by atoms with Crippen LogP contribution in [-0.4, -0.2) is 117 Å². The van der Waals surface area contributed by atoms with Crippen molar-refractivity contribution >= 4 is 30.9 Å². The second-order valence-electron chi connectivity index (χ2n) is 19.7. The van der Waals surface area contributed by atoms with E-state index in [-0.39, 0.29) is 34.0 Å². The molecule has 7 rings (SSSR count). The Kier molecular flexibility index (Phi) is 15.5. The van der Waals surface area contributed by atoms with Gasteiger partial charge >= 0.3 is 0 Å². The van der Waals surface area contributed by atoms with Crippen molar-refractivity contribution in [1.82, 2.24) is 25.1 Å². The molecule has 1 atom stereocenters. The van der Waals surface area contributed by atoms with Gasteiger partial charge in [-0.1, -0.05) is 58.0 Å². The molecular weight excluding hydrogens is 809 g/mol. The first-order valence-electron chi connectivity index (χ1n) is 23.4. The van der Waals surface area contributed by atoms with Crippen molar-refractivity contribution in [1.29, 1.82) is 0 Å². The number of nitrogens with zero attached hydrogens (tertiary/aromatic N) is 4. The first kappa shape index (κ1) is 46.9. The zero-order valence-electron chi connectivity index (χ0n) is 38.7. The number of morpholine rings is 1. The van der Waals surface area contributed by atoms with E-state index in [1.54, 1.807) is 12.1 Å². The summed E-state index contributed by atoms with van der Waals surface area (Å²) in [5, 5.41) is 14.9. The van der Waals surface area contributed by atoms with Crippen molar-refractivity contribution in [3.63, 3.8) is 0 Å². The Morgan fingerprint density at radius 1 is 1.05 bits per heavy atom. The average molecular weight is 881 g/mol. The third kappa shape index (κ3) is 12.6. The smallest absolute Gasteiger partial charge is 0.248 e. The lowest BCUT2D eigenvalue weighted by atomic mass is 9.89.